The molecule has 0 radical (unpaired) electrons. The van der Waals surface area contributed by atoms with Gasteiger partial charge in [-0.05, 0) is 54.3 Å². The molecule has 1 aliphatic carbocycles. The number of amides is 3. The molecule has 0 unspecified atom stereocenters. The first kappa shape index (κ1) is 20.7. The number of nitrogens with one attached hydrogen (secondary N) is 3. The minimum absolute atomic E-state index is 0.0329. The molecule has 0 atom stereocenters. The van der Waals surface area contributed by atoms with Crippen molar-refractivity contribution in [2.75, 3.05) is 24.5 Å². The monoisotopic (exact) mass is 418 g/mol. The number of carbonyl (C=O) groups excluding carboxylic acids is 3. The van der Waals surface area contributed by atoms with Crippen molar-refractivity contribution in [3.8, 4) is 0 Å². The van der Waals surface area contributed by atoms with Gasteiger partial charge < -0.3 is 20.9 Å². The number of carbonyl (C=O) groups is 3. The van der Waals surface area contributed by atoms with Gasteiger partial charge in [0.25, 0.3) is 5.91 Å². The number of rotatable bonds is 7. The van der Waals surface area contributed by atoms with Crippen LogP contribution >= 0.6 is 0 Å². The van der Waals surface area contributed by atoms with E-state index in [2.05, 4.69) is 16.0 Å². The summed E-state index contributed by atoms with van der Waals surface area (Å²) < 4.78 is 0. The predicted octanol–water partition coefficient (Wildman–Crippen LogP) is 1.84. The average Bonchev–Trinajstić information content (AvgIpc) is 3.61. The average molecular weight is 418 g/mol. The molecule has 2 aromatic carbocycles. The summed E-state index contributed by atoms with van der Waals surface area (Å²) in [5.41, 5.74) is 3.47. The number of nitrogens with zero attached hydrogens (tertiary/aromatic N) is 1. The highest BCUT2D eigenvalue weighted by Gasteiger charge is 2.23. The van der Waals surface area contributed by atoms with Gasteiger partial charge in [-0.2, -0.15) is 0 Å². The maximum atomic E-state index is 12.1. The van der Waals surface area contributed by atoms with Crippen molar-refractivity contribution in [2.24, 2.45) is 0 Å². The lowest BCUT2D eigenvalue weighted by atomic mass is 10.1. The second-order valence-corrected chi connectivity index (χ2v) is 7.86. The van der Waals surface area contributed by atoms with Gasteiger partial charge in [-0.15, -0.1) is 0 Å². The van der Waals surface area contributed by atoms with E-state index in [9.17, 15) is 14.4 Å². The molecule has 4 rings (SSSR count). The van der Waals surface area contributed by atoms with E-state index in [4.69, 9.17) is 0 Å². The maximum Gasteiger partial charge on any atom is 0.251 e. The van der Waals surface area contributed by atoms with Crippen LogP contribution in [0, 0.1) is 0 Å². The number of hydrogen-bond donors (Lipinski definition) is 3. The Hall–Kier alpha value is -3.61. The van der Waals surface area contributed by atoms with Gasteiger partial charge in [0.1, 0.15) is 0 Å². The normalized spacial score (nSPS) is 16.1. The molecular weight excluding hydrogens is 392 g/mol. The molecule has 1 heterocycles. The minimum atomic E-state index is -0.188. The summed E-state index contributed by atoms with van der Waals surface area (Å²) >= 11 is 0. The maximum absolute atomic E-state index is 12.1. The lowest BCUT2D eigenvalue weighted by Crippen LogP contribution is -2.47. The van der Waals surface area contributed by atoms with Crippen molar-refractivity contribution in [2.45, 2.75) is 25.4 Å². The molecule has 0 bridgehead atoms. The van der Waals surface area contributed by atoms with E-state index in [0.717, 1.165) is 36.2 Å². The third-order valence-electron chi connectivity index (χ3n) is 5.32. The molecule has 3 amide bonds. The van der Waals surface area contributed by atoms with Crippen LogP contribution in [0.15, 0.2) is 54.6 Å². The fourth-order valence-electron chi connectivity index (χ4n) is 3.35. The van der Waals surface area contributed by atoms with Crippen LogP contribution in [0.3, 0.4) is 0 Å². The molecule has 7 nitrogen and oxygen atoms in total. The van der Waals surface area contributed by atoms with Gasteiger partial charge in [0.2, 0.25) is 11.8 Å². The van der Waals surface area contributed by atoms with E-state index in [1.54, 1.807) is 18.2 Å². The topological polar surface area (TPSA) is 90.5 Å². The molecule has 1 saturated heterocycles. The molecule has 2 fully saturated rings. The predicted molar refractivity (Wildman–Crippen MR) is 119 cm³/mol. The van der Waals surface area contributed by atoms with Gasteiger partial charge in [0, 0.05) is 43.0 Å². The van der Waals surface area contributed by atoms with E-state index < -0.39 is 0 Å². The Morgan fingerprint density at radius 3 is 2.48 bits per heavy atom. The van der Waals surface area contributed by atoms with Gasteiger partial charge in [-0.25, -0.2) is 0 Å². The van der Waals surface area contributed by atoms with E-state index in [1.165, 1.54) is 6.08 Å². The number of anilines is 1. The van der Waals surface area contributed by atoms with Crippen LogP contribution in [0.1, 0.15) is 34.3 Å². The summed E-state index contributed by atoms with van der Waals surface area (Å²) in [5, 5.41) is 8.63. The Morgan fingerprint density at radius 2 is 1.81 bits per heavy atom. The number of hydrogen-bond acceptors (Lipinski definition) is 4. The summed E-state index contributed by atoms with van der Waals surface area (Å²) in [6.45, 7) is 2.23. The summed E-state index contributed by atoms with van der Waals surface area (Å²) in [4.78, 5) is 37.7. The van der Waals surface area contributed by atoms with Gasteiger partial charge >= 0.3 is 0 Å². The van der Waals surface area contributed by atoms with Crippen molar-refractivity contribution in [1.82, 2.24) is 16.0 Å². The van der Waals surface area contributed by atoms with Crippen LogP contribution in [-0.2, 0) is 16.1 Å². The largest absolute Gasteiger partial charge is 0.360 e. The fourth-order valence-corrected chi connectivity index (χ4v) is 3.35. The van der Waals surface area contributed by atoms with E-state index >= 15 is 0 Å². The van der Waals surface area contributed by atoms with Crippen molar-refractivity contribution in [1.29, 1.82) is 0 Å². The zero-order chi connectivity index (χ0) is 21.6. The number of piperazine rings is 1. The summed E-state index contributed by atoms with van der Waals surface area (Å²) in [6.07, 6.45) is 5.33. The second-order valence-electron chi connectivity index (χ2n) is 7.86. The molecule has 1 saturated carbocycles. The van der Waals surface area contributed by atoms with Crippen molar-refractivity contribution < 1.29 is 14.4 Å². The Kier molecular flexibility index (Phi) is 6.31. The Bertz CT molecular complexity index is 979. The van der Waals surface area contributed by atoms with Crippen molar-refractivity contribution in [3.63, 3.8) is 0 Å². The molecule has 2 aromatic rings. The van der Waals surface area contributed by atoms with Crippen molar-refractivity contribution >= 4 is 29.5 Å². The van der Waals surface area contributed by atoms with Crippen LogP contribution in [0.25, 0.3) is 6.08 Å². The smallest absolute Gasteiger partial charge is 0.251 e. The lowest BCUT2D eigenvalue weighted by molar-refractivity contribution is -0.120. The lowest BCUT2D eigenvalue weighted by Gasteiger charge is -2.28. The Balaban J connectivity index is 1.24. The molecule has 0 aromatic heterocycles. The standard InChI is InChI=1S/C24H26N4O3/c29-22(12-5-17-1-6-19(7-2-17)24(31)27-20-8-9-20)26-15-18-3-10-21(11-4-18)28-14-13-25-23(30)16-28/h1-7,10-12,20H,8-9,13-16H2,(H,25,30)(H,26,29)(H,27,31)/b12-5+. The quantitative estimate of drug-likeness (QED) is 0.599. The summed E-state index contributed by atoms with van der Waals surface area (Å²) in [5.74, 6) is -0.205. The fraction of sp³-hybridized carbons (Fsp3) is 0.292. The zero-order valence-electron chi connectivity index (χ0n) is 17.3. The minimum Gasteiger partial charge on any atom is -0.360 e. The molecule has 1 aliphatic heterocycles. The van der Waals surface area contributed by atoms with E-state index in [1.807, 2.05) is 41.3 Å². The number of benzene rings is 2. The Morgan fingerprint density at radius 1 is 1.06 bits per heavy atom. The van der Waals surface area contributed by atoms with Crippen LogP contribution in [0.2, 0.25) is 0 Å². The van der Waals surface area contributed by atoms with Crippen LogP contribution in [0.4, 0.5) is 5.69 Å². The molecule has 2 aliphatic rings. The SMILES string of the molecule is O=C(/C=C/c1ccc(C(=O)NC2CC2)cc1)NCc1ccc(N2CCNC(=O)C2)cc1. The van der Waals surface area contributed by atoms with Gasteiger partial charge in [-0.3, -0.25) is 14.4 Å². The molecule has 7 heteroatoms. The first-order valence-corrected chi connectivity index (χ1v) is 10.5. The first-order valence-electron chi connectivity index (χ1n) is 10.5. The van der Waals surface area contributed by atoms with Gasteiger partial charge in [0.15, 0.2) is 0 Å². The third kappa shape index (κ3) is 5.94. The molecule has 160 valence electrons. The second kappa shape index (κ2) is 9.47. The highest BCUT2D eigenvalue weighted by atomic mass is 16.2. The van der Waals surface area contributed by atoms with Crippen LogP contribution < -0.4 is 20.9 Å². The molecular formula is C24H26N4O3. The third-order valence-corrected chi connectivity index (χ3v) is 5.32. The first-order chi connectivity index (χ1) is 15.1. The highest BCUT2D eigenvalue weighted by molar-refractivity contribution is 5.95. The Labute approximate surface area is 181 Å². The van der Waals surface area contributed by atoms with Crippen molar-refractivity contribution in [3.05, 3.63) is 71.3 Å². The zero-order valence-corrected chi connectivity index (χ0v) is 17.3. The van der Waals surface area contributed by atoms with E-state index in [-0.39, 0.29) is 17.7 Å². The highest BCUT2D eigenvalue weighted by Crippen LogP contribution is 2.19. The van der Waals surface area contributed by atoms with Gasteiger partial charge in [-0.1, -0.05) is 24.3 Å². The molecule has 31 heavy (non-hydrogen) atoms. The molecule has 0 spiro atoms. The van der Waals surface area contributed by atoms with E-state index in [0.29, 0.717) is 31.2 Å². The molecule has 3 N–H and O–H groups in total. The van der Waals surface area contributed by atoms with Gasteiger partial charge in [0.05, 0.1) is 6.54 Å². The summed E-state index contributed by atoms with van der Waals surface area (Å²) in [7, 11) is 0. The van der Waals surface area contributed by atoms with Crippen LogP contribution in [0.5, 0.6) is 0 Å². The van der Waals surface area contributed by atoms with Crippen LogP contribution in [-0.4, -0.2) is 43.4 Å². The summed E-state index contributed by atoms with van der Waals surface area (Å²) in [6, 6.07) is 15.4.